The molecule has 3 nitrogen and oxygen atoms in total. The number of fused-ring (bicyclic) bond motifs is 3. The fourth-order valence-corrected chi connectivity index (χ4v) is 4.27. The fraction of sp³-hybridized carbons (Fsp3) is 0.136. The van der Waals surface area contributed by atoms with Crippen molar-refractivity contribution in [3.63, 3.8) is 0 Å². The molecule has 27 heavy (non-hydrogen) atoms. The molecule has 0 saturated carbocycles. The van der Waals surface area contributed by atoms with E-state index in [1.165, 1.54) is 6.07 Å². The van der Waals surface area contributed by atoms with Crippen LogP contribution in [0.25, 0.3) is 11.0 Å². The summed E-state index contributed by atoms with van der Waals surface area (Å²) in [5.41, 5.74) is 3.52. The highest BCUT2D eigenvalue weighted by Gasteiger charge is 2.33. The third kappa shape index (κ3) is 2.68. The number of para-hydroxylation sites is 2. The molecule has 0 aliphatic carbocycles. The quantitative estimate of drug-likeness (QED) is 0.466. The van der Waals surface area contributed by atoms with Crippen LogP contribution in [0.1, 0.15) is 29.6 Å². The van der Waals surface area contributed by atoms with E-state index in [1.807, 2.05) is 42.5 Å². The largest absolute Gasteiger partial charge is 0.349 e. The van der Waals surface area contributed by atoms with Gasteiger partial charge in [0, 0.05) is 10.6 Å². The molecular formula is C22H17ClFN3. The predicted octanol–water partition coefficient (Wildman–Crippen LogP) is 5.98. The highest BCUT2D eigenvalue weighted by Crippen LogP contribution is 2.43. The van der Waals surface area contributed by atoms with Gasteiger partial charge < -0.3 is 9.88 Å². The lowest BCUT2D eigenvalue weighted by molar-refractivity contribution is 0.457. The number of nitrogens with zero attached hydrogens (tertiary/aromatic N) is 2. The van der Waals surface area contributed by atoms with Crippen LogP contribution >= 0.6 is 11.6 Å². The molecule has 134 valence electrons. The summed E-state index contributed by atoms with van der Waals surface area (Å²) in [5.74, 6) is 0.450. The lowest BCUT2D eigenvalue weighted by Crippen LogP contribution is -2.28. The molecule has 5 heteroatoms. The Bertz CT molecular complexity index is 1100. The predicted molar refractivity (Wildman–Crippen MR) is 107 cm³/mol. The average molecular weight is 378 g/mol. The minimum Gasteiger partial charge on any atom is -0.349 e. The summed E-state index contributed by atoms with van der Waals surface area (Å²) in [6, 6.07) is 22.7. The summed E-state index contributed by atoms with van der Waals surface area (Å²) < 4.78 is 16.9. The van der Waals surface area contributed by atoms with Gasteiger partial charge in [0.1, 0.15) is 5.82 Å². The molecule has 5 rings (SSSR count). The van der Waals surface area contributed by atoms with Gasteiger partial charge in [-0.05, 0) is 36.2 Å². The average Bonchev–Trinajstić information content (AvgIpc) is 3.07. The third-order valence-corrected chi connectivity index (χ3v) is 5.53. The van der Waals surface area contributed by atoms with Crippen molar-refractivity contribution in [2.24, 2.45) is 0 Å². The molecule has 2 heterocycles. The number of rotatable bonds is 2. The van der Waals surface area contributed by atoms with E-state index in [4.69, 9.17) is 16.6 Å². The second kappa shape index (κ2) is 6.39. The molecule has 1 N–H and O–H groups in total. The number of halogens is 2. The molecule has 0 spiro atoms. The Labute approximate surface area is 161 Å². The molecule has 0 amide bonds. The second-order valence-corrected chi connectivity index (χ2v) is 7.20. The van der Waals surface area contributed by atoms with E-state index in [1.54, 1.807) is 12.1 Å². The van der Waals surface area contributed by atoms with Gasteiger partial charge >= 0.3 is 0 Å². The van der Waals surface area contributed by atoms with Crippen LogP contribution in [-0.4, -0.2) is 9.55 Å². The van der Waals surface area contributed by atoms with Crippen molar-refractivity contribution >= 4 is 28.6 Å². The lowest BCUT2D eigenvalue weighted by atomic mass is 9.92. The van der Waals surface area contributed by atoms with Crippen molar-refractivity contribution in [3.05, 3.63) is 94.8 Å². The van der Waals surface area contributed by atoms with Crippen LogP contribution in [0, 0.1) is 5.82 Å². The van der Waals surface area contributed by atoms with Gasteiger partial charge in [-0.15, -0.1) is 0 Å². The van der Waals surface area contributed by atoms with Crippen molar-refractivity contribution in [2.45, 2.75) is 18.5 Å². The molecular weight excluding hydrogens is 361 g/mol. The topological polar surface area (TPSA) is 29.9 Å². The minimum atomic E-state index is -0.287. The van der Waals surface area contributed by atoms with Crippen LogP contribution in [0.15, 0.2) is 72.8 Å². The fourth-order valence-electron chi connectivity index (χ4n) is 3.99. The number of hydrogen-bond donors (Lipinski definition) is 1. The smallest absolute Gasteiger partial charge is 0.204 e. The van der Waals surface area contributed by atoms with Gasteiger partial charge in [0.25, 0.3) is 0 Å². The molecule has 0 fully saturated rings. The van der Waals surface area contributed by atoms with E-state index in [-0.39, 0.29) is 17.9 Å². The lowest BCUT2D eigenvalue weighted by Gasteiger charge is -2.34. The Morgan fingerprint density at radius 2 is 1.74 bits per heavy atom. The van der Waals surface area contributed by atoms with E-state index >= 15 is 0 Å². The molecule has 0 radical (unpaired) electrons. The molecule has 1 aliphatic rings. The Balaban J connectivity index is 1.73. The van der Waals surface area contributed by atoms with E-state index in [0.29, 0.717) is 17.0 Å². The zero-order valence-corrected chi connectivity index (χ0v) is 15.2. The van der Waals surface area contributed by atoms with E-state index in [2.05, 4.69) is 22.0 Å². The number of aromatic nitrogens is 2. The van der Waals surface area contributed by atoms with Crippen LogP contribution in [0.2, 0.25) is 5.02 Å². The monoisotopic (exact) mass is 377 g/mol. The molecule has 1 aromatic heterocycles. The summed E-state index contributed by atoms with van der Waals surface area (Å²) in [7, 11) is 0. The Kier molecular flexibility index (Phi) is 3.87. The van der Waals surface area contributed by atoms with Crippen molar-refractivity contribution in [1.29, 1.82) is 0 Å². The molecule has 3 aromatic carbocycles. The standard InChI is InChI=1S/C22H17ClFN3/c23-15-9-6-10-16(24)21(15)20-13-18(14-7-2-1-3-8-14)26-22-25-17-11-4-5-12-19(17)27(20)22/h1-12,18,20H,13H2,(H,25,26). The summed E-state index contributed by atoms with van der Waals surface area (Å²) in [6.07, 6.45) is 0.679. The van der Waals surface area contributed by atoms with Crippen molar-refractivity contribution in [1.82, 2.24) is 9.55 Å². The summed E-state index contributed by atoms with van der Waals surface area (Å²) in [5, 5.41) is 3.97. The molecule has 0 bridgehead atoms. The van der Waals surface area contributed by atoms with Gasteiger partial charge in [0.05, 0.1) is 23.1 Å². The zero-order chi connectivity index (χ0) is 18.4. The first-order chi connectivity index (χ1) is 13.2. The summed E-state index contributed by atoms with van der Waals surface area (Å²) in [6.45, 7) is 0. The van der Waals surface area contributed by atoms with Crippen LogP contribution < -0.4 is 5.32 Å². The van der Waals surface area contributed by atoms with Gasteiger partial charge in [-0.1, -0.05) is 60.1 Å². The number of hydrogen-bond acceptors (Lipinski definition) is 2. The minimum absolute atomic E-state index is 0.0242. The molecule has 0 saturated heterocycles. The van der Waals surface area contributed by atoms with Crippen molar-refractivity contribution in [3.8, 4) is 0 Å². The van der Waals surface area contributed by atoms with E-state index in [0.717, 1.165) is 22.5 Å². The first-order valence-electron chi connectivity index (χ1n) is 8.95. The number of anilines is 1. The number of imidazole rings is 1. The van der Waals surface area contributed by atoms with Gasteiger partial charge in [-0.3, -0.25) is 0 Å². The third-order valence-electron chi connectivity index (χ3n) is 5.20. The van der Waals surface area contributed by atoms with Crippen molar-refractivity contribution in [2.75, 3.05) is 5.32 Å². The maximum Gasteiger partial charge on any atom is 0.204 e. The van der Waals surface area contributed by atoms with Gasteiger partial charge in [-0.25, -0.2) is 9.37 Å². The Morgan fingerprint density at radius 1 is 0.963 bits per heavy atom. The maximum absolute atomic E-state index is 14.8. The highest BCUT2D eigenvalue weighted by atomic mass is 35.5. The highest BCUT2D eigenvalue weighted by molar-refractivity contribution is 6.31. The van der Waals surface area contributed by atoms with Crippen LogP contribution in [0.5, 0.6) is 0 Å². The molecule has 1 aliphatic heterocycles. The zero-order valence-electron chi connectivity index (χ0n) is 14.4. The van der Waals surface area contributed by atoms with Gasteiger partial charge in [0.15, 0.2) is 0 Å². The van der Waals surface area contributed by atoms with Gasteiger partial charge in [0.2, 0.25) is 5.95 Å². The Hall–Kier alpha value is -2.85. The van der Waals surface area contributed by atoms with Crippen LogP contribution in [0.4, 0.5) is 10.3 Å². The maximum atomic E-state index is 14.8. The van der Waals surface area contributed by atoms with Crippen molar-refractivity contribution < 1.29 is 4.39 Å². The normalized spacial score (nSPS) is 18.9. The SMILES string of the molecule is Fc1cccc(Cl)c1C1CC(c2ccccc2)Nc2nc3ccccc3n21. The van der Waals surface area contributed by atoms with E-state index in [9.17, 15) is 4.39 Å². The second-order valence-electron chi connectivity index (χ2n) is 6.79. The van der Waals surface area contributed by atoms with E-state index < -0.39 is 0 Å². The number of nitrogens with one attached hydrogen (secondary N) is 1. The molecule has 2 unspecified atom stereocenters. The van der Waals surface area contributed by atoms with Crippen LogP contribution in [0.3, 0.4) is 0 Å². The van der Waals surface area contributed by atoms with Gasteiger partial charge in [-0.2, -0.15) is 0 Å². The first kappa shape index (κ1) is 16.3. The molecule has 2 atom stereocenters. The summed E-state index contributed by atoms with van der Waals surface area (Å²) in [4.78, 5) is 4.75. The van der Waals surface area contributed by atoms with Crippen LogP contribution in [-0.2, 0) is 0 Å². The number of benzene rings is 3. The summed E-state index contributed by atoms with van der Waals surface area (Å²) >= 11 is 6.45. The molecule has 4 aromatic rings. The Morgan fingerprint density at radius 3 is 2.56 bits per heavy atom. The first-order valence-corrected chi connectivity index (χ1v) is 9.32.